The fraction of sp³-hybridized carbons (Fsp3) is 0.0909. The van der Waals surface area contributed by atoms with E-state index in [9.17, 15) is 14.0 Å². The number of aromatic amines is 1. The van der Waals surface area contributed by atoms with Gasteiger partial charge in [0.15, 0.2) is 0 Å². The number of nitrogens with two attached hydrogens (primary N) is 1. The number of benzene rings is 1. The molecular formula is C11H10FN3O2S. The molecule has 2 aromatic rings. The van der Waals surface area contributed by atoms with Crippen LogP contribution >= 0.6 is 11.3 Å². The highest BCUT2D eigenvalue weighted by Gasteiger charge is 2.11. The highest BCUT2D eigenvalue weighted by atomic mass is 32.1. The Morgan fingerprint density at radius 2 is 2.28 bits per heavy atom. The summed E-state index contributed by atoms with van der Waals surface area (Å²) in [5.74, 6) is -1.23. The van der Waals surface area contributed by atoms with Crippen molar-refractivity contribution in [3.05, 3.63) is 50.3 Å². The van der Waals surface area contributed by atoms with Crippen LogP contribution in [0.1, 0.15) is 16.1 Å². The number of thiazole rings is 1. The number of rotatable bonds is 3. The zero-order valence-electron chi connectivity index (χ0n) is 9.20. The molecule has 0 spiro atoms. The molecule has 18 heavy (non-hydrogen) atoms. The monoisotopic (exact) mass is 267 g/mol. The molecule has 1 amide bonds. The number of nitrogens with one attached hydrogen (secondary N) is 2. The topological polar surface area (TPSA) is 88.0 Å². The summed E-state index contributed by atoms with van der Waals surface area (Å²) in [6.45, 7) is 0.140. The van der Waals surface area contributed by atoms with Gasteiger partial charge in [-0.1, -0.05) is 11.3 Å². The van der Waals surface area contributed by atoms with E-state index in [4.69, 9.17) is 5.73 Å². The van der Waals surface area contributed by atoms with Crippen LogP contribution in [0.3, 0.4) is 0 Å². The highest BCUT2D eigenvalue weighted by molar-refractivity contribution is 7.07. The number of aromatic nitrogens is 1. The smallest absolute Gasteiger partial charge is 0.304 e. The van der Waals surface area contributed by atoms with Gasteiger partial charge in [-0.3, -0.25) is 9.59 Å². The van der Waals surface area contributed by atoms with Gasteiger partial charge in [0, 0.05) is 16.8 Å². The maximum absolute atomic E-state index is 13.4. The first-order valence-corrected chi connectivity index (χ1v) is 5.94. The van der Waals surface area contributed by atoms with Crippen molar-refractivity contribution in [2.24, 2.45) is 0 Å². The summed E-state index contributed by atoms with van der Waals surface area (Å²) in [5, 5.41) is 4.10. The van der Waals surface area contributed by atoms with Gasteiger partial charge >= 0.3 is 4.87 Å². The van der Waals surface area contributed by atoms with Crippen molar-refractivity contribution in [2.45, 2.75) is 6.54 Å². The van der Waals surface area contributed by atoms with Crippen LogP contribution in [-0.2, 0) is 6.54 Å². The molecule has 1 aromatic carbocycles. The van der Waals surface area contributed by atoms with E-state index in [0.29, 0.717) is 5.69 Å². The predicted molar refractivity (Wildman–Crippen MR) is 66.9 cm³/mol. The van der Waals surface area contributed by atoms with Gasteiger partial charge in [0.25, 0.3) is 5.91 Å². The number of amides is 1. The van der Waals surface area contributed by atoms with Crippen LogP contribution in [-0.4, -0.2) is 10.9 Å². The lowest BCUT2D eigenvalue weighted by Gasteiger charge is -2.05. The van der Waals surface area contributed by atoms with Gasteiger partial charge in [0.2, 0.25) is 0 Å². The summed E-state index contributed by atoms with van der Waals surface area (Å²) in [5.41, 5.74) is 6.14. The zero-order valence-corrected chi connectivity index (χ0v) is 10.0. The SMILES string of the molecule is Nc1ccc(C(=O)NCc2csc(=O)[nH]2)c(F)c1. The molecule has 2 rings (SSSR count). The zero-order chi connectivity index (χ0) is 13.1. The summed E-state index contributed by atoms with van der Waals surface area (Å²) in [6, 6.07) is 3.85. The number of anilines is 1. The van der Waals surface area contributed by atoms with Crippen molar-refractivity contribution in [2.75, 3.05) is 5.73 Å². The Labute approximate surface area is 105 Å². The minimum atomic E-state index is -0.675. The number of H-pyrrole nitrogens is 1. The minimum absolute atomic E-state index is 0.0817. The molecule has 0 aliphatic rings. The van der Waals surface area contributed by atoms with Crippen LogP contribution in [0.2, 0.25) is 0 Å². The molecule has 1 heterocycles. The van der Waals surface area contributed by atoms with Gasteiger partial charge in [0.05, 0.1) is 12.1 Å². The summed E-state index contributed by atoms with van der Waals surface area (Å²) >= 11 is 1.00. The number of hydrogen-bond acceptors (Lipinski definition) is 4. The van der Waals surface area contributed by atoms with Gasteiger partial charge in [-0.25, -0.2) is 4.39 Å². The fourth-order valence-corrected chi connectivity index (χ4v) is 1.97. The third-order valence-electron chi connectivity index (χ3n) is 2.25. The molecule has 0 aliphatic carbocycles. The van der Waals surface area contributed by atoms with E-state index in [1.807, 2.05) is 0 Å². The lowest BCUT2D eigenvalue weighted by Crippen LogP contribution is -2.24. The second-order valence-electron chi connectivity index (χ2n) is 3.60. The highest BCUT2D eigenvalue weighted by Crippen LogP contribution is 2.11. The molecule has 0 unspecified atom stereocenters. The molecule has 0 fully saturated rings. The lowest BCUT2D eigenvalue weighted by molar-refractivity contribution is 0.0946. The van der Waals surface area contributed by atoms with Crippen LogP contribution in [0.5, 0.6) is 0 Å². The van der Waals surface area contributed by atoms with Gasteiger partial charge in [-0.15, -0.1) is 0 Å². The third-order valence-corrected chi connectivity index (χ3v) is 2.97. The maximum atomic E-state index is 13.4. The number of hydrogen-bond donors (Lipinski definition) is 3. The first-order valence-electron chi connectivity index (χ1n) is 5.06. The van der Waals surface area contributed by atoms with Crippen LogP contribution < -0.4 is 15.9 Å². The van der Waals surface area contributed by atoms with Gasteiger partial charge in [-0.05, 0) is 18.2 Å². The molecule has 1 aromatic heterocycles. The quantitative estimate of drug-likeness (QED) is 0.727. The van der Waals surface area contributed by atoms with E-state index in [0.717, 1.165) is 17.4 Å². The molecule has 0 radical (unpaired) electrons. The van der Waals surface area contributed by atoms with Gasteiger partial charge < -0.3 is 16.0 Å². The van der Waals surface area contributed by atoms with E-state index in [1.165, 1.54) is 12.1 Å². The normalized spacial score (nSPS) is 10.3. The Bertz CT molecular complexity index is 635. The predicted octanol–water partition coefficient (Wildman–Crippen LogP) is 1.09. The van der Waals surface area contributed by atoms with Crippen molar-refractivity contribution in [3.8, 4) is 0 Å². The van der Waals surface area contributed by atoms with Crippen LogP contribution in [0, 0.1) is 5.82 Å². The Hall–Kier alpha value is -2.15. The summed E-state index contributed by atoms with van der Waals surface area (Å²) in [7, 11) is 0. The first kappa shape index (κ1) is 12.3. The van der Waals surface area contributed by atoms with E-state index < -0.39 is 11.7 Å². The molecule has 0 atom stereocenters. The molecule has 94 valence electrons. The Morgan fingerprint density at radius 3 is 2.89 bits per heavy atom. The standard InChI is InChI=1S/C11H10FN3O2S/c12-9-3-6(13)1-2-8(9)10(16)14-4-7-5-18-11(17)15-7/h1-3,5H,4,13H2,(H,14,16)(H,15,17). The molecule has 5 nitrogen and oxygen atoms in total. The largest absolute Gasteiger partial charge is 0.399 e. The molecule has 0 saturated carbocycles. The van der Waals surface area contributed by atoms with Crippen molar-refractivity contribution in [3.63, 3.8) is 0 Å². The average Bonchev–Trinajstić information content (AvgIpc) is 2.72. The second-order valence-corrected chi connectivity index (χ2v) is 4.44. The van der Waals surface area contributed by atoms with Gasteiger partial charge in [-0.2, -0.15) is 0 Å². The number of carbonyl (C=O) groups excluding carboxylic acids is 1. The summed E-state index contributed by atoms with van der Waals surface area (Å²) < 4.78 is 13.4. The Morgan fingerprint density at radius 1 is 1.50 bits per heavy atom. The van der Waals surface area contributed by atoms with Gasteiger partial charge in [0.1, 0.15) is 5.82 Å². The number of halogens is 1. The minimum Gasteiger partial charge on any atom is -0.399 e. The molecule has 0 bridgehead atoms. The average molecular weight is 267 g/mol. The van der Waals surface area contributed by atoms with Crippen molar-refractivity contribution in [1.29, 1.82) is 0 Å². The maximum Gasteiger partial charge on any atom is 0.304 e. The molecular weight excluding hydrogens is 257 g/mol. The lowest BCUT2D eigenvalue weighted by atomic mass is 10.2. The fourth-order valence-electron chi connectivity index (χ4n) is 1.39. The van der Waals surface area contributed by atoms with Crippen molar-refractivity contribution < 1.29 is 9.18 Å². The van der Waals surface area contributed by atoms with Crippen LogP contribution in [0.15, 0.2) is 28.4 Å². The molecule has 4 N–H and O–H groups in total. The van der Waals surface area contributed by atoms with Crippen molar-refractivity contribution >= 4 is 22.9 Å². The van der Waals surface area contributed by atoms with Crippen LogP contribution in [0.4, 0.5) is 10.1 Å². The van der Waals surface area contributed by atoms with Crippen molar-refractivity contribution in [1.82, 2.24) is 10.3 Å². The molecule has 7 heteroatoms. The molecule has 0 aliphatic heterocycles. The summed E-state index contributed by atoms with van der Waals surface area (Å²) in [4.78, 5) is 24.9. The molecule has 0 saturated heterocycles. The van der Waals surface area contributed by atoms with E-state index in [-0.39, 0.29) is 22.7 Å². The number of carbonyl (C=O) groups is 1. The third kappa shape index (κ3) is 2.75. The Kier molecular flexibility index (Phi) is 3.42. The Balaban J connectivity index is 2.06. The van der Waals surface area contributed by atoms with Crippen LogP contribution in [0.25, 0.3) is 0 Å². The second kappa shape index (κ2) is 5.01. The van der Waals surface area contributed by atoms with E-state index in [2.05, 4.69) is 10.3 Å². The number of nitrogen functional groups attached to an aromatic ring is 1. The van der Waals surface area contributed by atoms with E-state index >= 15 is 0 Å². The summed E-state index contributed by atoms with van der Waals surface area (Å²) in [6.07, 6.45) is 0. The first-order chi connectivity index (χ1) is 8.56. The van der Waals surface area contributed by atoms with E-state index in [1.54, 1.807) is 5.38 Å².